The highest BCUT2D eigenvalue weighted by Gasteiger charge is 2.28. The molecule has 2 aromatic carbocycles. The molecule has 1 aliphatic rings. The predicted molar refractivity (Wildman–Crippen MR) is 111 cm³/mol. The Bertz CT molecular complexity index is 1010. The van der Waals surface area contributed by atoms with Crippen LogP contribution < -0.4 is 5.32 Å². The zero-order valence-electron chi connectivity index (χ0n) is 16.6. The van der Waals surface area contributed by atoms with Gasteiger partial charge >= 0.3 is 6.03 Å². The van der Waals surface area contributed by atoms with E-state index in [0.717, 1.165) is 23.9 Å². The summed E-state index contributed by atoms with van der Waals surface area (Å²) >= 11 is 0. The highest BCUT2D eigenvalue weighted by molar-refractivity contribution is 5.96. The molecular weight excluding hydrogens is 368 g/mol. The number of likely N-dealkylation sites (tertiary alicyclic amines) is 1. The van der Waals surface area contributed by atoms with Gasteiger partial charge in [-0.05, 0) is 43.2 Å². The number of piperidine rings is 1. The molecule has 150 valence electrons. The third kappa shape index (κ3) is 4.08. The molecule has 1 aromatic heterocycles. The molecule has 7 nitrogen and oxygen atoms in total. The standard InChI is InChI=1S/C22H24N4O3/c1-25(2)21(27)15-7-5-9-17(13-15)23-22(28)26-12-6-8-16(14-26)20-24-18-10-3-4-11-19(18)29-20/h3-5,7,9-11,13,16H,6,8,12,14H2,1-2H3,(H,23,28)/t16-/m1/s1. The molecule has 1 saturated heterocycles. The number of fused-ring (bicyclic) bond motifs is 1. The average molecular weight is 392 g/mol. The lowest BCUT2D eigenvalue weighted by Crippen LogP contribution is -2.41. The van der Waals surface area contributed by atoms with Gasteiger partial charge in [0.05, 0.1) is 5.92 Å². The Balaban J connectivity index is 1.45. The van der Waals surface area contributed by atoms with E-state index in [2.05, 4.69) is 10.3 Å². The maximum atomic E-state index is 12.8. The first-order valence-electron chi connectivity index (χ1n) is 9.74. The van der Waals surface area contributed by atoms with Crippen molar-refractivity contribution >= 4 is 28.7 Å². The molecule has 1 fully saturated rings. The Kier molecular flexibility index (Phi) is 5.20. The van der Waals surface area contributed by atoms with Crippen LogP contribution in [0.3, 0.4) is 0 Å². The summed E-state index contributed by atoms with van der Waals surface area (Å²) in [5.74, 6) is 0.654. The smallest absolute Gasteiger partial charge is 0.321 e. The maximum Gasteiger partial charge on any atom is 0.321 e. The van der Waals surface area contributed by atoms with Gasteiger partial charge in [0.2, 0.25) is 0 Å². The zero-order chi connectivity index (χ0) is 20.4. The van der Waals surface area contributed by atoms with Gasteiger partial charge in [0.25, 0.3) is 5.91 Å². The van der Waals surface area contributed by atoms with Crippen LogP contribution in [-0.2, 0) is 0 Å². The molecule has 1 N–H and O–H groups in total. The minimum Gasteiger partial charge on any atom is -0.440 e. The fourth-order valence-electron chi connectivity index (χ4n) is 3.62. The van der Waals surface area contributed by atoms with Crippen LogP contribution in [-0.4, -0.2) is 53.9 Å². The summed E-state index contributed by atoms with van der Waals surface area (Å²) in [5.41, 5.74) is 2.75. The van der Waals surface area contributed by atoms with Gasteiger partial charge < -0.3 is 19.5 Å². The second kappa shape index (κ2) is 7.95. The van der Waals surface area contributed by atoms with Crippen LogP contribution in [0.1, 0.15) is 35.0 Å². The number of aromatic nitrogens is 1. The second-order valence-electron chi connectivity index (χ2n) is 7.52. The number of rotatable bonds is 3. The molecule has 1 atom stereocenters. The number of amides is 3. The summed E-state index contributed by atoms with van der Waals surface area (Å²) in [7, 11) is 3.40. The Labute approximate surface area is 169 Å². The molecule has 0 aliphatic carbocycles. The second-order valence-corrected chi connectivity index (χ2v) is 7.52. The Morgan fingerprint density at radius 3 is 2.79 bits per heavy atom. The van der Waals surface area contributed by atoms with Crippen molar-refractivity contribution in [2.24, 2.45) is 0 Å². The van der Waals surface area contributed by atoms with Crippen molar-refractivity contribution in [1.82, 2.24) is 14.8 Å². The lowest BCUT2D eigenvalue weighted by molar-refractivity contribution is 0.0827. The van der Waals surface area contributed by atoms with Crippen molar-refractivity contribution in [3.8, 4) is 0 Å². The quantitative estimate of drug-likeness (QED) is 0.732. The largest absolute Gasteiger partial charge is 0.440 e. The molecule has 0 bridgehead atoms. The molecule has 0 unspecified atom stereocenters. The number of benzene rings is 2. The van der Waals surface area contributed by atoms with E-state index in [1.165, 1.54) is 4.90 Å². The van der Waals surface area contributed by atoms with Crippen LogP contribution in [0, 0.1) is 0 Å². The van der Waals surface area contributed by atoms with Crippen molar-refractivity contribution in [3.63, 3.8) is 0 Å². The van der Waals surface area contributed by atoms with Crippen LogP contribution in [0.2, 0.25) is 0 Å². The van der Waals surface area contributed by atoms with Crippen LogP contribution in [0.25, 0.3) is 11.1 Å². The summed E-state index contributed by atoms with van der Waals surface area (Å²) in [4.78, 5) is 32.8. The van der Waals surface area contributed by atoms with E-state index in [4.69, 9.17) is 4.42 Å². The number of carbonyl (C=O) groups is 2. The van der Waals surface area contributed by atoms with Crippen molar-refractivity contribution in [1.29, 1.82) is 0 Å². The van der Waals surface area contributed by atoms with Crippen LogP contribution >= 0.6 is 0 Å². The predicted octanol–water partition coefficient (Wildman–Crippen LogP) is 3.94. The van der Waals surface area contributed by atoms with Gasteiger partial charge in [-0.3, -0.25) is 4.79 Å². The molecule has 3 aromatic rings. The number of nitrogens with zero attached hydrogens (tertiary/aromatic N) is 3. The molecule has 0 spiro atoms. The minimum absolute atomic E-state index is 0.0727. The van der Waals surface area contributed by atoms with E-state index in [0.29, 0.717) is 30.2 Å². The highest BCUT2D eigenvalue weighted by Crippen LogP contribution is 2.29. The fraction of sp³-hybridized carbons (Fsp3) is 0.318. The van der Waals surface area contributed by atoms with Gasteiger partial charge in [-0.2, -0.15) is 0 Å². The lowest BCUT2D eigenvalue weighted by Gasteiger charge is -2.31. The van der Waals surface area contributed by atoms with Crippen molar-refractivity contribution in [3.05, 3.63) is 60.0 Å². The minimum atomic E-state index is -0.180. The van der Waals surface area contributed by atoms with Gasteiger partial charge in [0.15, 0.2) is 11.5 Å². The van der Waals surface area contributed by atoms with Gasteiger partial charge in [-0.15, -0.1) is 0 Å². The first-order valence-corrected chi connectivity index (χ1v) is 9.74. The summed E-state index contributed by atoms with van der Waals surface area (Å²) in [5, 5.41) is 2.91. The summed E-state index contributed by atoms with van der Waals surface area (Å²) in [6.45, 7) is 1.23. The van der Waals surface area contributed by atoms with Crippen LogP contribution in [0.4, 0.5) is 10.5 Å². The van der Waals surface area contributed by atoms with Crippen molar-refractivity contribution in [2.45, 2.75) is 18.8 Å². The van der Waals surface area contributed by atoms with Crippen LogP contribution in [0.5, 0.6) is 0 Å². The lowest BCUT2D eigenvalue weighted by atomic mass is 9.98. The SMILES string of the molecule is CN(C)C(=O)c1cccc(NC(=O)N2CCC[C@@H](c3nc4ccccc4o3)C2)c1. The molecule has 1 aliphatic heterocycles. The molecule has 0 saturated carbocycles. The maximum absolute atomic E-state index is 12.8. The number of carbonyl (C=O) groups excluding carboxylic acids is 2. The van der Waals surface area contributed by atoms with Crippen molar-refractivity contribution in [2.75, 3.05) is 32.5 Å². The molecule has 0 radical (unpaired) electrons. The fourth-order valence-corrected chi connectivity index (χ4v) is 3.62. The average Bonchev–Trinajstić information content (AvgIpc) is 3.18. The first kappa shape index (κ1) is 19.0. The molecule has 4 rings (SSSR count). The van der Waals surface area contributed by atoms with E-state index in [9.17, 15) is 9.59 Å². The Morgan fingerprint density at radius 1 is 1.17 bits per heavy atom. The Hall–Kier alpha value is -3.35. The summed E-state index contributed by atoms with van der Waals surface area (Å²) in [6.07, 6.45) is 1.82. The van der Waals surface area contributed by atoms with E-state index in [-0.39, 0.29) is 17.9 Å². The third-order valence-corrected chi connectivity index (χ3v) is 5.14. The number of para-hydroxylation sites is 2. The van der Waals surface area contributed by atoms with Gasteiger partial charge in [-0.25, -0.2) is 9.78 Å². The molecule has 29 heavy (non-hydrogen) atoms. The number of hydrogen-bond donors (Lipinski definition) is 1. The normalized spacial score (nSPS) is 16.6. The Morgan fingerprint density at radius 2 is 2.00 bits per heavy atom. The molecular formula is C22H24N4O3. The topological polar surface area (TPSA) is 78.7 Å². The highest BCUT2D eigenvalue weighted by atomic mass is 16.3. The number of urea groups is 1. The van der Waals surface area contributed by atoms with E-state index < -0.39 is 0 Å². The number of nitrogens with one attached hydrogen (secondary N) is 1. The van der Waals surface area contributed by atoms with Gasteiger partial charge in [0.1, 0.15) is 5.52 Å². The molecule has 2 heterocycles. The van der Waals surface area contributed by atoms with Crippen molar-refractivity contribution < 1.29 is 14.0 Å². The van der Waals surface area contributed by atoms with Crippen LogP contribution in [0.15, 0.2) is 52.9 Å². The van der Waals surface area contributed by atoms with Gasteiger partial charge in [0, 0.05) is 38.4 Å². The van der Waals surface area contributed by atoms with E-state index in [1.54, 1.807) is 43.3 Å². The monoisotopic (exact) mass is 392 g/mol. The first-order chi connectivity index (χ1) is 14.0. The number of hydrogen-bond acceptors (Lipinski definition) is 4. The number of anilines is 1. The molecule has 7 heteroatoms. The van der Waals surface area contributed by atoms with E-state index in [1.807, 2.05) is 24.3 Å². The van der Waals surface area contributed by atoms with Gasteiger partial charge in [-0.1, -0.05) is 18.2 Å². The zero-order valence-corrected chi connectivity index (χ0v) is 16.6. The third-order valence-electron chi connectivity index (χ3n) is 5.14. The number of oxazole rings is 1. The van der Waals surface area contributed by atoms with E-state index >= 15 is 0 Å². The summed E-state index contributed by atoms with van der Waals surface area (Å²) < 4.78 is 5.91. The molecule has 3 amide bonds. The summed E-state index contributed by atoms with van der Waals surface area (Å²) in [6, 6.07) is 14.5.